The molecule has 0 aliphatic carbocycles. The van der Waals surface area contributed by atoms with Gasteiger partial charge in [-0.05, 0) is 37.6 Å². The summed E-state index contributed by atoms with van der Waals surface area (Å²) in [6, 6.07) is 0. The third-order valence-corrected chi connectivity index (χ3v) is 2.91. The first-order valence-corrected chi connectivity index (χ1v) is 4.57. The largest absolute Gasteiger partial charge is 0.303 e. The molecule has 2 fully saturated rings. The Kier molecular flexibility index (Phi) is 1.69. The van der Waals surface area contributed by atoms with Crippen LogP contribution in [0.3, 0.4) is 0 Å². The van der Waals surface area contributed by atoms with Crippen LogP contribution in [0.5, 0.6) is 0 Å². The number of piperidine rings is 2. The monoisotopic (exact) mass is 139 g/mol. The number of fused-ring (bicyclic) bond motifs is 2. The van der Waals surface area contributed by atoms with E-state index in [1.807, 2.05) is 0 Å². The van der Waals surface area contributed by atoms with E-state index < -0.39 is 0 Å². The first-order valence-electron chi connectivity index (χ1n) is 4.57. The van der Waals surface area contributed by atoms with Crippen molar-refractivity contribution < 1.29 is 0 Å². The molecule has 3 atom stereocenters. The molecule has 1 nitrogen and oxygen atoms in total. The van der Waals surface area contributed by atoms with Gasteiger partial charge in [-0.1, -0.05) is 6.92 Å². The standard InChI is InChI=1S/C9H17N/c1-8-5-9-3-2-4-10(6-8)7-9/h8-9H,2-7H2,1H3/t8?,9-/m0/s1. The highest BCUT2D eigenvalue weighted by molar-refractivity contribution is 4.80. The molecule has 2 saturated heterocycles. The molecule has 2 unspecified atom stereocenters. The van der Waals surface area contributed by atoms with E-state index in [2.05, 4.69) is 11.8 Å². The van der Waals surface area contributed by atoms with E-state index >= 15 is 0 Å². The van der Waals surface area contributed by atoms with E-state index in [1.165, 1.54) is 38.9 Å². The van der Waals surface area contributed by atoms with Gasteiger partial charge in [-0.3, -0.25) is 0 Å². The van der Waals surface area contributed by atoms with Gasteiger partial charge < -0.3 is 4.90 Å². The molecule has 0 saturated carbocycles. The summed E-state index contributed by atoms with van der Waals surface area (Å²) in [5, 5.41) is 0. The van der Waals surface area contributed by atoms with Gasteiger partial charge >= 0.3 is 0 Å². The Morgan fingerprint density at radius 3 is 3.00 bits per heavy atom. The minimum absolute atomic E-state index is 0.971. The maximum absolute atomic E-state index is 2.64. The lowest BCUT2D eigenvalue weighted by Gasteiger charge is -2.40. The van der Waals surface area contributed by atoms with Crippen molar-refractivity contribution in [2.24, 2.45) is 11.8 Å². The van der Waals surface area contributed by atoms with Gasteiger partial charge in [-0.15, -0.1) is 0 Å². The predicted octanol–water partition coefficient (Wildman–Crippen LogP) is 1.74. The van der Waals surface area contributed by atoms with Crippen LogP contribution in [0.25, 0.3) is 0 Å². The molecular formula is C9H17N. The van der Waals surface area contributed by atoms with Crippen LogP contribution >= 0.6 is 0 Å². The Bertz CT molecular complexity index is 106. The van der Waals surface area contributed by atoms with Gasteiger partial charge in [0.15, 0.2) is 0 Å². The fraction of sp³-hybridized carbons (Fsp3) is 1.00. The van der Waals surface area contributed by atoms with Crippen molar-refractivity contribution >= 4 is 0 Å². The van der Waals surface area contributed by atoms with Gasteiger partial charge in [0.2, 0.25) is 0 Å². The van der Waals surface area contributed by atoms with Crippen LogP contribution < -0.4 is 0 Å². The Balaban J connectivity index is 1.98. The van der Waals surface area contributed by atoms with E-state index in [-0.39, 0.29) is 0 Å². The molecule has 0 aromatic heterocycles. The van der Waals surface area contributed by atoms with Gasteiger partial charge in [0, 0.05) is 13.1 Å². The zero-order valence-electron chi connectivity index (χ0n) is 6.84. The molecule has 2 aliphatic rings. The zero-order chi connectivity index (χ0) is 6.97. The maximum atomic E-state index is 2.64. The van der Waals surface area contributed by atoms with Gasteiger partial charge in [0.05, 0.1) is 0 Å². The number of nitrogens with zero attached hydrogens (tertiary/aromatic N) is 1. The molecule has 10 heavy (non-hydrogen) atoms. The Hall–Kier alpha value is -0.0400. The molecule has 0 N–H and O–H groups in total. The van der Waals surface area contributed by atoms with Crippen LogP contribution in [0.4, 0.5) is 0 Å². The third-order valence-electron chi connectivity index (χ3n) is 2.91. The van der Waals surface area contributed by atoms with E-state index in [0.717, 1.165) is 11.8 Å². The minimum Gasteiger partial charge on any atom is -0.303 e. The van der Waals surface area contributed by atoms with E-state index in [1.54, 1.807) is 0 Å². The lowest BCUT2D eigenvalue weighted by molar-refractivity contribution is 0.0892. The van der Waals surface area contributed by atoms with E-state index in [4.69, 9.17) is 0 Å². The third kappa shape index (κ3) is 1.20. The quantitative estimate of drug-likeness (QED) is 0.494. The summed E-state index contributed by atoms with van der Waals surface area (Å²) in [7, 11) is 0. The van der Waals surface area contributed by atoms with Gasteiger partial charge in [0.25, 0.3) is 0 Å². The number of hydrogen-bond acceptors (Lipinski definition) is 1. The Labute approximate surface area is 63.4 Å². The van der Waals surface area contributed by atoms with E-state index in [9.17, 15) is 0 Å². The molecule has 0 amide bonds. The van der Waals surface area contributed by atoms with Crippen LogP contribution in [0, 0.1) is 11.8 Å². The van der Waals surface area contributed by atoms with Crippen molar-refractivity contribution in [1.29, 1.82) is 0 Å². The molecule has 58 valence electrons. The Morgan fingerprint density at radius 1 is 1.30 bits per heavy atom. The van der Waals surface area contributed by atoms with Crippen molar-refractivity contribution in [2.45, 2.75) is 26.2 Å². The van der Waals surface area contributed by atoms with Crippen LogP contribution in [0.15, 0.2) is 0 Å². The summed E-state index contributed by atoms with van der Waals surface area (Å²) >= 11 is 0. The second-order valence-corrected chi connectivity index (χ2v) is 4.11. The molecule has 2 heterocycles. The average molecular weight is 139 g/mol. The number of hydrogen-bond donors (Lipinski definition) is 0. The van der Waals surface area contributed by atoms with Crippen molar-refractivity contribution in [3.63, 3.8) is 0 Å². The molecule has 0 radical (unpaired) electrons. The van der Waals surface area contributed by atoms with E-state index in [0.29, 0.717) is 0 Å². The van der Waals surface area contributed by atoms with Crippen LogP contribution in [-0.4, -0.2) is 24.5 Å². The molecule has 0 spiro atoms. The van der Waals surface area contributed by atoms with Crippen molar-refractivity contribution in [3.05, 3.63) is 0 Å². The fourth-order valence-corrected chi connectivity index (χ4v) is 2.59. The molecule has 2 aliphatic heterocycles. The average Bonchev–Trinajstić information content (AvgIpc) is 1.85. The van der Waals surface area contributed by atoms with Gasteiger partial charge in [0.1, 0.15) is 0 Å². The number of rotatable bonds is 0. The van der Waals surface area contributed by atoms with Gasteiger partial charge in [-0.25, -0.2) is 0 Å². The molecule has 2 rings (SSSR count). The summed E-state index contributed by atoms with van der Waals surface area (Å²) in [4.78, 5) is 2.64. The first kappa shape index (κ1) is 6.66. The second-order valence-electron chi connectivity index (χ2n) is 4.11. The highest BCUT2D eigenvalue weighted by Crippen LogP contribution is 2.28. The molecule has 1 heteroatoms. The SMILES string of the molecule is CC1C[C@@H]2CCCN(C1)C2. The maximum Gasteiger partial charge on any atom is 0.000989 e. The van der Waals surface area contributed by atoms with Crippen LogP contribution in [-0.2, 0) is 0 Å². The minimum atomic E-state index is 0.971. The Morgan fingerprint density at radius 2 is 2.20 bits per heavy atom. The highest BCUT2D eigenvalue weighted by atomic mass is 15.1. The summed E-state index contributed by atoms with van der Waals surface area (Å²) < 4.78 is 0. The predicted molar refractivity (Wildman–Crippen MR) is 42.9 cm³/mol. The smallest absolute Gasteiger partial charge is 0.000989 e. The summed E-state index contributed by atoms with van der Waals surface area (Å²) in [6.45, 7) is 6.55. The van der Waals surface area contributed by atoms with Crippen LogP contribution in [0.2, 0.25) is 0 Å². The van der Waals surface area contributed by atoms with Gasteiger partial charge in [-0.2, -0.15) is 0 Å². The highest BCUT2D eigenvalue weighted by Gasteiger charge is 2.27. The summed E-state index contributed by atoms with van der Waals surface area (Å²) in [6.07, 6.45) is 4.45. The van der Waals surface area contributed by atoms with Crippen molar-refractivity contribution in [1.82, 2.24) is 4.90 Å². The normalized spacial score (nSPS) is 47.1. The lowest BCUT2D eigenvalue weighted by atomic mass is 9.84. The second kappa shape index (κ2) is 2.54. The van der Waals surface area contributed by atoms with Crippen molar-refractivity contribution in [3.8, 4) is 0 Å². The fourth-order valence-electron chi connectivity index (χ4n) is 2.59. The summed E-state index contributed by atoms with van der Waals surface area (Å²) in [5.74, 6) is 2.02. The summed E-state index contributed by atoms with van der Waals surface area (Å²) in [5.41, 5.74) is 0. The lowest BCUT2D eigenvalue weighted by Crippen LogP contribution is -2.43. The topological polar surface area (TPSA) is 3.24 Å². The molecule has 0 aromatic rings. The molecule has 2 bridgehead atoms. The first-order chi connectivity index (χ1) is 4.84. The molecular weight excluding hydrogens is 122 g/mol. The van der Waals surface area contributed by atoms with Crippen molar-refractivity contribution in [2.75, 3.05) is 19.6 Å². The molecule has 0 aromatic carbocycles. The zero-order valence-corrected chi connectivity index (χ0v) is 6.84. The van der Waals surface area contributed by atoms with Crippen LogP contribution in [0.1, 0.15) is 26.2 Å².